The van der Waals surface area contributed by atoms with Crippen molar-refractivity contribution in [1.29, 1.82) is 0 Å². The molecule has 0 unspecified atom stereocenters. The molecule has 2 heterocycles. The van der Waals surface area contributed by atoms with E-state index in [1.165, 1.54) is 5.39 Å². The Labute approximate surface area is 86.2 Å². The highest BCUT2D eigenvalue weighted by molar-refractivity contribution is 5.75. The minimum Gasteiger partial charge on any atom is -0.193 e. The van der Waals surface area contributed by atoms with Crippen LogP contribution in [0, 0.1) is 0 Å². The second kappa shape index (κ2) is 3.16. The summed E-state index contributed by atoms with van der Waals surface area (Å²) in [6, 6.07) is 12.2. The van der Waals surface area contributed by atoms with E-state index in [9.17, 15) is 0 Å². The first kappa shape index (κ1) is 8.11. The summed E-state index contributed by atoms with van der Waals surface area (Å²) < 4.78 is 2.00. The molecule has 15 heavy (non-hydrogen) atoms. The van der Waals surface area contributed by atoms with Crippen LogP contribution < -0.4 is 4.57 Å². The van der Waals surface area contributed by atoms with Crippen LogP contribution in [0.1, 0.15) is 0 Å². The fourth-order valence-electron chi connectivity index (χ4n) is 1.67. The first-order valence-electron chi connectivity index (χ1n) is 4.71. The summed E-state index contributed by atoms with van der Waals surface area (Å²) in [4.78, 5) is 0. The summed E-state index contributed by atoms with van der Waals surface area (Å²) in [6.07, 6.45) is 3.67. The lowest BCUT2D eigenvalue weighted by atomic mass is 10.2. The predicted octanol–water partition coefficient (Wildman–Crippen LogP) is 1.23. The molecule has 0 saturated heterocycles. The van der Waals surface area contributed by atoms with E-state index in [1.807, 2.05) is 29.0 Å². The van der Waals surface area contributed by atoms with Gasteiger partial charge in [0.05, 0.1) is 11.3 Å². The smallest absolute Gasteiger partial charge is 0.193 e. The molecule has 1 aromatic carbocycles. The number of H-pyrrole nitrogens is 1. The molecule has 0 fully saturated rings. The molecule has 0 amide bonds. The van der Waals surface area contributed by atoms with Crippen LogP contribution in [-0.2, 0) is 0 Å². The number of nitrogens with zero attached hydrogens (tertiary/aromatic N) is 3. The standard InChI is InChI=1S/C11H9N4/c1-2-6-10-9(4-1)5-3-7-15(10)11-8-12-14-13-11/h1-8H,(H,12,13,14)/q+1. The van der Waals surface area contributed by atoms with Crippen LogP contribution in [0.3, 0.4) is 0 Å². The van der Waals surface area contributed by atoms with Gasteiger partial charge in [-0.25, -0.2) is 0 Å². The van der Waals surface area contributed by atoms with Gasteiger partial charge in [0.2, 0.25) is 0 Å². The highest BCUT2D eigenvalue weighted by Crippen LogP contribution is 2.09. The number of rotatable bonds is 1. The number of hydrogen-bond donors (Lipinski definition) is 1. The molecule has 2 aromatic heterocycles. The van der Waals surface area contributed by atoms with E-state index in [4.69, 9.17) is 0 Å². The number of benzene rings is 1. The highest BCUT2D eigenvalue weighted by Gasteiger charge is 2.11. The minimum atomic E-state index is 0.798. The molecule has 4 heteroatoms. The summed E-state index contributed by atoms with van der Waals surface area (Å²) in [6.45, 7) is 0. The van der Waals surface area contributed by atoms with Gasteiger partial charge in [0.25, 0.3) is 0 Å². The van der Waals surface area contributed by atoms with Crippen molar-refractivity contribution in [3.63, 3.8) is 0 Å². The average molecular weight is 197 g/mol. The zero-order valence-corrected chi connectivity index (χ0v) is 7.96. The summed E-state index contributed by atoms with van der Waals surface area (Å²) in [7, 11) is 0. The monoisotopic (exact) mass is 197 g/mol. The van der Waals surface area contributed by atoms with Crippen LogP contribution in [0.2, 0.25) is 0 Å². The van der Waals surface area contributed by atoms with Crippen molar-refractivity contribution in [2.24, 2.45) is 0 Å². The maximum atomic E-state index is 4.06. The number of para-hydroxylation sites is 1. The van der Waals surface area contributed by atoms with Crippen molar-refractivity contribution < 1.29 is 4.57 Å². The minimum absolute atomic E-state index is 0.798. The molecular formula is C11H9N4+. The topological polar surface area (TPSA) is 45.5 Å². The van der Waals surface area contributed by atoms with Crippen molar-refractivity contribution in [1.82, 2.24) is 15.4 Å². The Morgan fingerprint density at radius 1 is 1.07 bits per heavy atom. The zero-order chi connectivity index (χ0) is 10.1. The molecule has 0 saturated carbocycles. The Morgan fingerprint density at radius 3 is 2.80 bits per heavy atom. The van der Waals surface area contributed by atoms with Crippen LogP contribution in [-0.4, -0.2) is 15.4 Å². The van der Waals surface area contributed by atoms with E-state index in [0.717, 1.165) is 11.3 Å². The van der Waals surface area contributed by atoms with Crippen molar-refractivity contribution >= 4 is 10.9 Å². The number of pyridine rings is 1. The van der Waals surface area contributed by atoms with Gasteiger partial charge >= 0.3 is 5.82 Å². The average Bonchev–Trinajstić information content (AvgIpc) is 2.82. The van der Waals surface area contributed by atoms with E-state index < -0.39 is 0 Å². The lowest BCUT2D eigenvalue weighted by molar-refractivity contribution is -0.571. The molecule has 3 aromatic rings. The fraction of sp³-hybridized carbons (Fsp3) is 0. The Hall–Kier alpha value is -2.23. The highest BCUT2D eigenvalue weighted by atomic mass is 15.4. The first-order chi connectivity index (χ1) is 7.45. The van der Waals surface area contributed by atoms with E-state index >= 15 is 0 Å². The zero-order valence-electron chi connectivity index (χ0n) is 7.96. The van der Waals surface area contributed by atoms with E-state index in [1.54, 1.807) is 6.20 Å². The second-order valence-electron chi connectivity index (χ2n) is 3.27. The summed E-state index contributed by atoms with van der Waals surface area (Å²) in [5, 5.41) is 11.7. The molecular weight excluding hydrogens is 188 g/mol. The van der Waals surface area contributed by atoms with Crippen LogP contribution in [0.25, 0.3) is 16.7 Å². The molecule has 4 nitrogen and oxygen atoms in total. The van der Waals surface area contributed by atoms with Crippen LogP contribution >= 0.6 is 0 Å². The van der Waals surface area contributed by atoms with Gasteiger partial charge in [-0.15, -0.1) is 10.3 Å². The third-order valence-corrected chi connectivity index (χ3v) is 2.36. The van der Waals surface area contributed by atoms with Crippen molar-refractivity contribution in [3.8, 4) is 5.82 Å². The SMILES string of the molecule is c1ccc2c(c1)ccc[n+]2-c1cn[nH]n1. The largest absolute Gasteiger partial charge is 0.375 e. The Bertz CT molecular complexity index is 581. The molecule has 72 valence electrons. The van der Waals surface area contributed by atoms with Crippen LogP contribution in [0.4, 0.5) is 0 Å². The molecule has 0 radical (unpaired) electrons. The molecule has 0 spiro atoms. The Morgan fingerprint density at radius 2 is 1.93 bits per heavy atom. The van der Waals surface area contributed by atoms with E-state index in [-0.39, 0.29) is 0 Å². The van der Waals surface area contributed by atoms with Gasteiger partial charge in [-0.1, -0.05) is 18.2 Å². The quantitative estimate of drug-likeness (QED) is 0.596. The van der Waals surface area contributed by atoms with Gasteiger partial charge in [0.15, 0.2) is 0 Å². The number of nitrogens with one attached hydrogen (secondary N) is 1. The van der Waals surface area contributed by atoms with Crippen LogP contribution in [0.15, 0.2) is 48.8 Å². The second-order valence-corrected chi connectivity index (χ2v) is 3.27. The molecule has 3 rings (SSSR count). The van der Waals surface area contributed by atoms with Gasteiger partial charge in [-0.05, 0) is 18.2 Å². The molecule has 1 N–H and O–H groups in total. The van der Waals surface area contributed by atoms with Gasteiger partial charge < -0.3 is 0 Å². The molecule has 0 aliphatic carbocycles. The maximum Gasteiger partial charge on any atom is 0.375 e. The number of aromatic amines is 1. The van der Waals surface area contributed by atoms with Crippen LogP contribution in [0.5, 0.6) is 0 Å². The number of hydrogen-bond acceptors (Lipinski definition) is 2. The lowest BCUT2D eigenvalue weighted by Gasteiger charge is -1.98. The number of aromatic nitrogens is 4. The molecule has 0 aliphatic heterocycles. The Balaban J connectivity index is 2.36. The molecule has 0 bridgehead atoms. The first-order valence-corrected chi connectivity index (χ1v) is 4.71. The third-order valence-electron chi connectivity index (χ3n) is 2.36. The maximum absolute atomic E-state index is 4.06. The van der Waals surface area contributed by atoms with E-state index in [2.05, 4.69) is 33.6 Å². The summed E-state index contributed by atoms with van der Waals surface area (Å²) in [5.74, 6) is 0.798. The summed E-state index contributed by atoms with van der Waals surface area (Å²) >= 11 is 0. The van der Waals surface area contributed by atoms with Gasteiger partial charge in [0.1, 0.15) is 11.7 Å². The number of fused-ring (bicyclic) bond motifs is 1. The fourth-order valence-corrected chi connectivity index (χ4v) is 1.67. The van der Waals surface area contributed by atoms with Crippen molar-refractivity contribution in [2.75, 3.05) is 0 Å². The van der Waals surface area contributed by atoms with Crippen molar-refractivity contribution in [2.45, 2.75) is 0 Å². The van der Waals surface area contributed by atoms with Gasteiger partial charge in [-0.2, -0.15) is 4.57 Å². The molecule has 0 aliphatic rings. The normalized spacial score (nSPS) is 10.7. The third kappa shape index (κ3) is 1.27. The molecule has 0 atom stereocenters. The Kier molecular flexibility index (Phi) is 1.71. The van der Waals surface area contributed by atoms with Gasteiger partial charge in [0, 0.05) is 5.39 Å². The van der Waals surface area contributed by atoms with Crippen molar-refractivity contribution in [3.05, 3.63) is 48.8 Å². The van der Waals surface area contributed by atoms with Gasteiger partial charge in [-0.3, -0.25) is 0 Å². The van der Waals surface area contributed by atoms with E-state index in [0.29, 0.717) is 0 Å². The predicted molar refractivity (Wildman–Crippen MR) is 55.4 cm³/mol. The summed E-state index contributed by atoms with van der Waals surface area (Å²) in [5.41, 5.74) is 1.12. The lowest BCUT2D eigenvalue weighted by Crippen LogP contribution is -2.31.